The Bertz CT molecular complexity index is 490. The minimum atomic E-state index is 0.111. The SMILES string of the molecule is Cc1cccc(C(C)C)c1NC(=O)CCNC1CCCCC1. The summed E-state index contributed by atoms with van der Waals surface area (Å²) in [6, 6.07) is 6.84. The molecule has 0 spiro atoms. The van der Waals surface area contributed by atoms with Crippen molar-refractivity contribution in [3.05, 3.63) is 29.3 Å². The van der Waals surface area contributed by atoms with Crippen molar-refractivity contribution in [1.29, 1.82) is 0 Å². The predicted octanol–water partition coefficient (Wildman–Crippen LogP) is 4.37. The largest absolute Gasteiger partial charge is 0.326 e. The van der Waals surface area contributed by atoms with E-state index in [1.54, 1.807) is 0 Å². The molecule has 3 nitrogen and oxygen atoms in total. The number of nitrogens with one attached hydrogen (secondary N) is 2. The molecule has 0 saturated heterocycles. The molecule has 0 aromatic heterocycles. The number of carbonyl (C=O) groups excluding carboxylic acids is 1. The zero-order valence-corrected chi connectivity index (χ0v) is 14.2. The van der Waals surface area contributed by atoms with E-state index in [0.717, 1.165) is 17.8 Å². The molecule has 1 aromatic rings. The van der Waals surface area contributed by atoms with E-state index in [-0.39, 0.29) is 5.91 Å². The second kappa shape index (κ2) is 8.33. The lowest BCUT2D eigenvalue weighted by Crippen LogP contribution is -2.33. The predicted molar refractivity (Wildman–Crippen MR) is 93.4 cm³/mol. The van der Waals surface area contributed by atoms with Gasteiger partial charge in [0.15, 0.2) is 0 Å². The molecular weight excluding hydrogens is 272 g/mol. The summed E-state index contributed by atoms with van der Waals surface area (Å²) in [6.45, 7) is 7.16. The average Bonchev–Trinajstić information content (AvgIpc) is 2.50. The third-order valence-electron chi connectivity index (χ3n) is 4.58. The van der Waals surface area contributed by atoms with Gasteiger partial charge in [0, 0.05) is 24.7 Å². The number of para-hydroxylation sites is 1. The lowest BCUT2D eigenvalue weighted by atomic mass is 9.95. The van der Waals surface area contributed by atoms with E-state index >= 15 is 0 Å². The standard InChI is InChI=1S/C19H30N2O/c1-14(2)17-11-7-8-15(3)19(17)21-18(22)12-13-20-16-9-5-4-6-10-16/h7-8,11,14,16,20H,4-6,9-10,12-13H2,1-3H3,(H,21,22). The Morgan fingerprint density at radius 1 is 1.23 bits per heavy atom. The minimum absolute atomic E-state index is 0.111. The van der Waals surface area contributed by atoms with Crippen LogP contribution < -0.4 is 10.6 Å². The van der Waals surface area contributed by atoms with Crippen LogP contribution in [-0.2, 0) is 4.79 Å². The Hall–Kier alpha value is -1.35. The van der Waals surface area contributed by atoms with E-state index in [1.807, 2.05) is 0 Å². The second-order valence-electron chi connectivity index (χ2n) is 6.78. The van der Waals surface area contributed by atoms with Crippen LogP contribution in [0.25, 0.3) is 0 Å². The summed E-state index contributed by atoms with van der Waals surface area (Å²) in [5, 5.41) is 6.65. The summed E-state index contributed by atoms with van der Waals surface area (Å²) in [7, 11) is 0. The van der Waals surface area contributed by atoms with E-state index in [2.05, 4.69) is 49.6 Å². The van der Waals surface area contributed by atoms with E-state index in [0.29, 0.717) is 18.4 Å². The molecule has 2 N–H and O–H groups in total. The van der Waals surface area contributed by atoms with Crippen molar-refractivity contribution in [2.24, 2.45) is 0 Å². The molecule has 1 amide bonds. The van der Waals surface area contributed by atoms with Gasteiger partial charge in [0.05, 0.1) is 0 Å². The van der Waals surface area contributed by atoms with Crippen LogP contribution in [-0.4, -0.2) is 18.5 Å². The number of carbonyl (C=O) groups is 1. The van der Waals surface area contributed by atoms with Gasteiger partial charge in [-0.05, 0) is 36.8 Å². The summed E-state index contributed by atoms with van der Waals surface area (Å²) in [4.78, 5) is 12.2. The Kier molecular flexibility index (Phi) is 6.44. The quantitative estimate of drug-likeness (QED) is 0.819. The molecule has 0 heterocycles. The molecule has 1 fully saturated rings. The van der Waals surface area contributed by atoms with Crippen LogP contribution in [0.3, 0.4) is 0 Å². The monoisotopic (exact) mass is 302 g/mol. The van der Waals surface area contributed by atoms with Gasteiger partial charge in [-0.1, -0.05) is 51.3 Å². The molecule has 0 bridgehead atoms. The van der Waals surface area contributed by atoms with Gasteiger partial charge in [-0.25, -0.2) is 0 Å². The lowest BCUT2D eigenvalue weighted by molar-refractivity contribution is -0.116. The number of hydrogen-bond donors (Lipinski definition) is 2. The van der Waals surface area contributed by atoms with Crippen LogP contribution in [0.2, 0.25) is 0 Å². The van der Waals surface area contributed by atoms with Gasteiger partial charge in [-0.3, -0.25) is 4.79 Å². The van der Waals surface area contributed by atoms with Gasteiger partial charge in [0.2, 0.25) is 5.91 Å². The molecule has 1 saturated carbocycles. The summed E-state index contributed by atoms with van der Waals surface area (Å²) < 4.78 is 0. The smallest absolute Gasteiger partial charge is 0.225 e. The van der Waals surface area contributed by atoms with Crippen molar-refractivity contribution in [2.75, 3.05) is 11.9 Å². The number of anilines is 1. The van der Waals surface area contributed by atoms with Crippen LogP contribution in [0.4, 0.5) is 5.69 Å². The third kappa shape index (κ3) is 4.84. The number of hydrogen-bond acceptors (Lipinski definition) is 2. The fraction of sp³-hybridized carbons (Fsp3) is 0.632. The first-order valence-electron chi connectivity index (χ1n) is 8.70. The maximum atomic E-state index is 12.2. The van der Waals surface area contributed by atoms with Gasteiger partial charge in [-0.15, -0.1) is 0 Å². The zero-order chi connectivity index (χ0) is 15.9. The van der Waals surface area contributed by atoms with Crippen LogP contribution in [0, 0.1) is 6.92 Å². The number of benzene rings is 1. The van der Waals surface area contributed by atoms with Crippen molar-refractivity contribution < 1.29 is 4.79 Å². The fourth-order valence-corrected chi connectivity index (χ4v) is 3.24. The van der Waals surface area contributed by atoms with Crippen molar-refractivity contribution in [1.82, 2.24) is 5.32 Å². The maximum absolute atomic E-state index is 12.2. The average molecular weight is 302 g/mol. The van der Waals surface area contributed by atoms with Crippen molar-refractivity contribution >= 4 is 11.6 Å². The molecule has 0 radical (unpaired) electrons. The minimum Gasteiger partial charge on any atom is -0.326 e. The van der Waals surface area contributed by atoms with Crippen LogP contribution in [0.1, 0.15) is 69.4 Å². The highest BCUT2D eigenvalue weighted by Gasteiger charge is 2.14. The van der Waals surface area contributed by atoms with Crippen molar-refractivity contribution in [3.8, 4) is 0 Å². The van der Waals surface area contributed by atoms with E-state index in [4.69, 9.17) is 0 Å². The summed E-state index contributed by atoms with van der Waals surface area (Å²) in [6.07, 6.45) is 7.08. The molecule has 2 rings (SSSR count). The Morgan fingerprint density at radius 2 is 1.95 bits per heavy atom. The molecular formula is C19H30N2O. The van der Waals surface area contributed by atoms with E-state index in [9.17, 15) is 4.79 Å². The summed E-state index contributed by atoms with van der Waals surface area (Å²) in [5.74, 6) is 0.523. The second-order valence-corrected chi connectivity index (χ2v) is 6.78. The number of rotatable bonds is 6. The first-order valence-corrected chi connectivity index (χ1v) is 8.70. The molecule has 3 heteroatoms. The summed E-state index contributed by atoms with van der Waals surface area (Å²) >= 11 is 0. The van der Waals surface area contributed by atoms with Crippen LogP contribution in [0.15, 0.2) is 18.2 Å². The van der Waals surface area contributed by atoms with Gasteiger partial charge in [0.1, 0.15) is 0 Å². The topological polar surface area (TPSA) is 41.1 Å². The number of aryl methyl sites for hydroxylation is 1. The van der Waals surface area contributed by atoms with Gasteiger partial charge < -0.3 is 10.6 Å². The Balaban J connectivity index is 1.84. The van der Waals surface area contributed by atoms with E-state index in [1.165, 1.54) is 37.7 Å². The van der Waals surface area contributed by atoms with Crippen LogP contribution >= 0.6 is 0 Å². The van der Waals surface area contributed by atoms with Crippen molar-refractivity contribution in [2.45, 2.75) is 71.3 Å². The molecule has 0 atom stereocenters. The molecule has 22 heavy (non-hydrogen) atoms. The highest BCUT2D eigenvalue weighted by molar-refractivity contribution is 5.92. The Morgan fingerprint density at radius 3 is 2.64 bits per heavy atom. The highest BCUT2D eigenvalue weighted by atomic mass is 16.1. The molecule has 1 aromatic carbocycles. The third-order valence-corrected chi connectivity index (χ3v) is 4.58. The molecule has 1 aliphatic rings. The van der Waals surface area contributed by atoms with Gasteiger partial charge in [-0.2, -0.15) is 0 Å². The van der Waals surface area contributed by atoms with E-state index < -0.39 is 0 Å². The van der Waals surface area contributed by atoms with Crippen LogP contribution in [0.5, 0.6) is 0 Å². The summed E-state index contributed by atoms with van der Waals surface area (Å²) in [5.41, 5.74) is 3.36. The molecule has 1 aliphatic carbocycles. The highest BCUT2D eigenvalue weighted by Crippen LogP contribution is 2.27. The zero-order valence-electron chi connectivity index (χ0n) is 14.2. The maximum Gasteiger partial charge on any atom is 0.225 e. The van der Waals surface area contributed by atoms with Gasteiger partial charge >= 0.3 is 0 Å². The lowest BCUT2D eigenvalue weighted by Gasteiger charge is -2.22. The normalized spacial score (nSPS) is 16.0. The first-order chi connectivity index (χ1) is 10.6. The number of amides is 1. The molecule has 0 aliphatic heterocycles. The molecule has 0 unspecified atom stereocenters. The Labute approximate surface area is 134 Å². The first kappa shape index (κ1) is 17.0. The fourth-order valence-electron chi connectivity index (χ4n) is 3.24. The molecule has 122 valence electrons. The van der Waals surface area contributed by atoms with Crippen molar-refractivity contribution in [3.63, 3.8) is 0 Å². The van der Waals surface area contributed by atoms with Gasteiger partial charge in [0.25, 0.3) is 0 Å².